The number of piperazine rings is 1. The first-order valence-electron chi connectivity index (χ1n) is 9.79. The van der Waals surface area contributed by atoms with E-state index in [0.717, 1.165) is 22.1 Å². The number of aromatic nitrogens is 2. The van der Waals surface area contributed by atoms with Crippen LogP contribution < -0.4 is 4.73 Å². The lowest BCUT2D eigenvalue weighted by molar-refractivity contribution is -0.574. The van der Waals surface area contributed by atoms with E-state index in [-0.39, 0.29) is 36.1 Å². The first-order valence-corrected chi connectivity index (χ1v) is 12.4. The fraction of sp³-hybridized carbons (Fsp3) is 0.190. The van der Waals surface area contributed by atoms with Crippen molar-refractivity contribution >= 4 is 59.9 Å². The Morgan fingerprint density at radius 1 is 1.06 bits per heavy atom. The van der Waals surface area contributed by atoms with Gasteiger partial charge in [0.1, 0.15) is 10.9 Å². The molecule has 0 N–H and O–H groups in total. The Morgan fingerprint density at radius 2 is 1.78 bits per heavy atom. The Morgan fingerprint density at radius 3 is 2.53 bits per heavy atom. The summed E-state index contributed by atoms with van der Waals surface area (Å²) < 4.78 is 29.0. The van der Waals surface area contributed by atoms with Crippen LogP contribution in [0.2, 0.25) is 5.02 Å². The maximum Gasteiger partial charge on any atom is 0.340 e. The molecule has 0 atom stereocenters. The third kappa shape index (κ3) is 3.58. The minimum atomic E-state index is -3.72. The molecule has 11 heteroatoms. The highest BCUT2D eigenvalue weighted by atomic mass is 35.5. The van der Waals surface area contributed by atoms with E-state index in [9.17, 15) is 18.4 Å². The summed E-state index contributed by atoms with van der Waals surface area (Å²) in [6.07, 6.45) is 3.00. The van der Waals surface area contributed by atoms with Crippen LogP contribution in [0.4, 0.5) is 0 Å². The van der Waals surface area contributed by atoms with Crippen LogP contribution in [-0.2, 0) is 10.0 Å². The molecule has 1 fully saturated rings. The zero-order valence-corrected chi connectivity index (χ0v) is 19.0. The van der Waals surface area contributed by atoms with Gasteiger partial charge in [-0.15, -0.1) is 4.73 Å². The molecule has 3 heterocycles. The first kappa shape index (κ1) is 21.1. The van der Waals surface area contributed by atoms with E-state index in [1.54, 1.807) is 48.7 Å². The summed E-state index contributed by atoms with van der Waals surface area (Å²) in [5, 5.41) is 14.8. The number of amides is 1. The molecule has 0 bridgehead atoms. The lowest BCUT2D eigenvalue weighted by Gasteiger charge is -2.33. The predicted octanol–water partition coefficient (Wildman–Crippen LogP) is 2.88. The molecule has 1 aliphatic heterocycles. The van der Waals surface area contributed by atoms with Crippen LogP contribution in [0, 0.1) is 5.21 Å². The number of halogens is 1. The second-order valence-corrected chi connectivity index (χ2v) is 10.8. The molecule has 5 rings (SSSR count). The highest BCUT2D eigenvalue weighted by Gasteiger charge is 2.34. The molecule has 1 amide bonds. The van der Waals surface area contributed by atoms with Crippen LogP contribution >= 0.6 is 22.9 Å². The zero-order chi connectivity index (χ0) is 22.5. The van der Waals surface area contributed by atoms with E-state index < -0.39 is 15.9 Å². The molecule has 4 aromatic rings. The van der Waals surface area contributed by atoms with Crippen molar-refractivity contribution in [1.29, 1.82) is 0 Å². The molecule has 2 aromatic carbocycles. The standard InChI is InChI=1S/C21H17ClN4O4S2/c22-16-3-1-15-12-17(4-2-14(15)11-16)32(29,30)25-9-7-24(8-10-25)20(27)21-26(28)18-13-23-6-5-19(18)31-21/h1-6,11-13H,7-10H2. The number of nitrogens with zero attached hydrogens (tertiary/aromatic N) is 4. The van der Waals surface area contributed by atoms with Gasteiger partial charge in [-0.05, 0) is 41.1 Å². The fourth-order valence-corrected chi connectivity index (χ4v) is 6.38. The van der Waals surface area contributed by atoms with Crippen LogP contribution in [-0.4, -0.2) is 54.7 Å². The summed E-state index contributed by atoms with van der Waals surface area (Å²) in [7, 11) is -3.72. The number of sulfonamides is 1. The third-order valence-corrected chi connectivity index (χ3v) is 8.72. The number of fused-ring (bicyclic) bond motifs is 2. The van der Waals surface area contributed by atoms with Gasteiger partial charge in [-0.1, -0.05) is 35.1 Å². The molecule has 32 heavy (non-hydrogen) atoms. The van der Waals surface area contributed by atoms with Crippen molar-refractivity contribution in [2.45, 2.75) is 4.90 Å². The Labute approximate surface area is 192 Å². The van der Waals surface area contributed by atoms with Crippen LogP contribution in [0.25, 0.3) is 21.0 Å². The van der Waals surface area contributed by atoms with Crippen molar-refractivity contribution in [2.75, 3.05) is 26.2 Å². The van der Waals surface area contributed by atoms with Crippen molar-refractivity contribution in [3.05, 3.63) is 70.1 Å². The van der Waals surface area contributed by atoms with Gasteiger partial charge < -0.3 is 10.1 Å². The average molecular weight is 489 g/mol. The number of rotatable bonds is 3. The molecule has 1 aliphatic rings. The lowest BCUT2D eigenvalue weighted by atomic mass is 10.1. The number of thiazole rings is 1. The molecule has 1 saturated heterocycles. The number of carbonyl (C=O) groups excluding carboxylic acids is 1. The maximum atomic E-state index is 13.2. The van der Waals surface area contributed by atoms with Crippen molar-refractivity contribution in [2.24, 2.45) is 0 Å². The Bertz CT molecular complexity index is 1460. The molecular weight excluding hydrogens is 472 g/mol. The van der Waals surface area contributed by atoms with Gasteiger partial charge in [-0.2, -0.15) is 4.31 Å². The molecule has 0 aliphatic carbocycles. The normalized spacial score (nSPS) is 15.5. The highest BCUT2D eigenvalue weighted by molar-refractivity contribution is 7.89. The van der Waals surface area contributed by atoms with Crippen LogP contribution in [0.1, 0.15) is 9.80 Å². The summed E-state index contributed by atoms with van der Waals surface area (Å²) >= 11 is 7.11. The van der Waals surface area contributed by atoms with Gasteiger partial charge in [0.25, 0.3) is 5.52 Å². The minimum Gasteiger partial charge on any atom is -0.617 e. The monoisotopic (exact) mass is 488 g/mol. The van der Waals surface area contributed by atoms with Gasteiger partial charge in [-0.25, -0.2) is 8.42 Å². The molecule has 2 aromatic heterocycles. The largest absolute Gasteiger partial charge is 0.617 e. The van der Waals surface area contributed by atoms with Gasteiger partial charge >= 0.3 is 10.9 Å². The molecule has 0 saturated carbocycles. The molecule has 0 unspecified atom stereocenters. The van der Waals surface area contributed by atoms with Gasteiger partial charge in [0, 0.05) is 37.4 Å². The SMILES string of the molecule is O=C(c1sc2ccncc2[n+]1[O-])N1CCN(S(=O)(=O)c2ccc3cc(Cl)ccc3c2)CC1. The number of hydrogen-bond donors (Lipinski definition) is 0. The summed E-state index contributed by atoms with van der Waals surface area (Å²) in [5.74, 6) is -0.402. The average Bonchev–Trinajstić information content (AvgIpc) is 3.15. The first-order chi connectivity index (χ1) is 15.3. The molecule has 8 nitrogen and oxygen atoms in total. The Kier molecular flexibility index (Phi) is 5.25. The maximum absolute atomic E-state index is 13.2. The van der Waals surface area contributed by atoms with Gasteiger partial charge in [0.05, 0.1) is 4.90 Å². The number of benzene rings is 2. The second-order valence-electron chi connectivity index (χ2n) is 7.39. The highest BCUT2D eigenvalue weighted by Crippen LogP contribution is 2.26. The summed E-state index contributed by atoms with van der Waals surface area (Å²) in [6, 6.07) is 11.9. The predicted molar refractivity (Wildman–Crippen MR) is 122 cm³/mol. The van der Waals surface area contributed by atoms with Crippen LogP contribution in [0.3, 0.4) is 0 Å². The number of pyridine rings is 1. The topological polar surface area (TPSA) is 97.5 Å². The van der Waals surface area contributed by atoms with Gasteiger partial charge in [0.2, 0.25) is 10.0 Å². The quantitative estimate of drug-likeness (QED) is 0.326. The minimum absolute atomic E-state index is 0.0532. The van der Waals surface area contributed by atoms with Crippen LogP contribution in [0.15, 0.2) is 59.8 Å². The van der Waals surface area contributed by atoms with Crippen molar-refractivity contribution in [3.8, 4) is 0 Å². The van der Waals surface area contributed by atoms with E-state index >= 15 is 0 Å². The smallest absolute Gasteiger partial charge is 0.340 e. The van der Waals surface area contributed by atoms with E-state index in [2.05, 4.69) is 4.98 Å². The van der Waals surface area contributed by atoms with E-state index in [4.69, 9.17) is 11.6 Å². The lowest BCUT2D eigenvalue weighted by Crippen LogP contribution is -2.52. The van der Waals surface area contributed by atoms with E-state index in [1.807, 2.05) is 0 Å². The fourth-order valence-electron chi connectivity index (χ4n) is 3.77. The van der Waals surface area contributed by atoms with E-state index in [0.29, 0.717) is 20.0 Å². The Balaban J connectivity index is 1.34. The molecule has 0 radical (unpaired) electrons. The zero-order valence-electron chi connectivity index (χ0n) is 16.6. The Hall–Kier alpha value is -2.79. The third-order valence-electron chi connectivity index (χ3n) is 5.49. The van der Waals surface area contributed by atoms with Gasteiger partial charge in [-0.3, -0.25) is 9.78 Å². The molecular formula is C21H17ClN4O4S2. The van der Waals surface area contributed by atoms with Crippen molar-refractivity contribution in [1.82, 2.24) is 14.2 Å². The summed E-state index contributed by atoms with van der Waals surface area (Å²) in [5.41, 5.74) is 0.347. The van der Waals surface area contributed by atoms with Crippen LogP contribution in [0.5, 0.6) is 0 Å². The van der Waals surface area contributed by atoms with Crippen molar-refractivity contribution < 1.29 is 17.9 Å². The second kappa shape index (κ2) is 7.96. The summed E-state index contributed by atoms with van der Waals surface area (Å²) in [4.78, 5) is 18.5. The van der Waals surface area contributed by atoms with Gasteiger partial charge in [0.15, 0.2) is 0 Å². The molecule has 0 spiro atoms. The summed E-state index contributed by atoms with van der Waals surface area (Å²) in [6.45, 7) is 0.706. The number of hydrogen-bond acceptors (Lipinski definition) is 6. The van der Waals surface area contributed by atoms with E-state index in [1.165, 1.54) is 15.4 Å². The van der Waals surface area contributed by atoms with Crippen molar-refractivity contribution in [3.63, 3.8) is 0 Å². The number of carbonyl (C=O) groups is 1. The molecule has 164 valence electrons.